The summed E-state index contributed by atoms with van der Waals surface area (Å²) >= 11 is 1.97. The number of ether oxygens (including phenoxy) is 1. The normalized spacial score (nSPS) is 11.0. The van der Waals surface area contributed by atoms with E-state index < -0.39 is 21.9 Å². The Labute approximate surface area is 140 Å². The standard InChI is InChI=1S/C14H10FIO5S/c1-20-14(17)12-8-10(16)4-7-13(12)21-22(18,19)11-5-2-9(15)3-6-11/h2-8H,1H3. The van der Waals surface area contributed by atoms with Gasteiger partial charge in [0.2, 0.25) is 0 Å². The molecule has 0 aliphatic carbocycles. The van der Waals surface area contributed by atoms with E-state index in [2.05, 4.69) is 4.74 Å². The van der Waals surface area contributed by atoms with Crippen molar-refractivity contribution in [2.24, 2.45) is 0 Å². The Morgan fingerprint density at radius 2 is 1.77 bits per heavy atom. The summed E-state index contributed by atoms with van der Waals surface area (Å²) in [6.45, 7) is 0. The van der Waals surface area contributed by atoms with Gasteiger partial charge in [-0.2, -0.15) is 8.42 Å². The Hall–Kier alpha value is -1.68. The second-order valence-corrected chi connectivity index (χ2v) is 6.92. The average molecular weight is 436 g/mol. The van der Waals surface area contributed by atoms with Crippen LogP contribution in [0.3, 0.4) is 0 Å². The van der Waals surface area contributed by atoms with E-state index in [0.29, 0.717) is 3.57 Å². The van der Waals surface area contributed by atoms with Crippen LogP contribution in [0.25, 0.3) is 0 Å². The Balaban J connectivity index is 2.41. The van der Waals surface area contributed by atoms with E-state index in [1.165, 1.54) is 19.2 Å². The van der Waals surface area contributed by atoms with Gasteiger partial charge in [-0.15, -0.1) is 0 Å². The second-order valence-electron chi connectivity index (χ2n) is 4.12. The van der Waals surface area contributed by atoms with Gasteiger partial charge in [-0.1, -0.05) is 0 Å². The van der Waals surface area contributed by atoms with Crippen molar-refractivity contribution in [2.45, 2.75) is 4.90 Å². The van der Waals surface area contributed by atoms with E-state index in [0.717, 1.165) is 24.3 Å². The van der Waals surface area contributed by atoms with Crippen molar-refractivity contribution in [3.8, 4) is 5.75 Å². The van der Waals surface area contributed by atoms with Crippen molar-refractivity contribution in [3.63, 3.8) is 0 Å². The van der Waals surface area contributed by atoms with Crippen LogP contribution in [0.15, 0.2) is 47.4 Å². The van der Waals surface area contributed by atoms with E-state index in [-0.39, 0.29) is 16.2 Å². The summed E-state index contributed by atoms with van der Waals surface area (Å²) in [7, 11) is -3.00. The highest BCUT2D eigenvalue weighted by atomic mass is 127. The minimum Gasteiger partial charge on any atom is -0.465 e. The molecule has 0 bridgehead atoms. The maximum Gasteiger partial charge on any atom is 0.341 e. The summed E-state index contributed by atoms with van der Waals surface area (Å²) in [5.41, 5.74) is -0.0138. The van der Waals surface area contributed by atoms with E-state index in [1.54, 1.807) is 6.07 Å². The molecule has 0 aliphatic rings. The third-order valence-corrected chi connectivity index (χ3v) is 4.57. The lowest BCUT2D eigenvalue weighted by molar-refractivity contribution is 0.0598. The van der Waals surface area contributed by atoms with E-state index in [9.17, 15) is 17.6 Å². The third-order valence-electron chi connectivity index (χ3n) is 2.65. The number of hydrogen-bond donors (Lipinski definition) is 0. The molecule has 0 atom stereocenters. The molecular weight excluding hydrogens is 426 g/mol. The topological polar surface area (TPSA) is 69.7 Å². The van der Waals surface area contributed by atoms with Crippen LogP contribution in [-0.4, -0.2) is 21.5 Å². The van der Waals surface area contributed by atoms with Gasteiger partial charge in [0.1, 0.15) is 16.3 Å². The van der Waals surface area contributed by atoms with Crippen LogP contribution < -0.4 is 4.18 Å². The van der Waals surface area contributed by atoms with Crippen LogP contribution >= 0.6 is 22.6 Å². The lowest BCUT2D eigenvalue weighted by Gasteiger charge is -2.10. The van der Waals surface area contributed by atoms with Crippen molar-refractivity contribution in [1.29, 1.82) is 0 Å². The summed E-state index contributed by atoms with van der Waals surface area (Å²) in [6.07, 6.45) is 0. The van der Waals surface area contributed by atoms with Gasteiger partial charge in [0.05, 0.1) is 7.11 Å². The molecule has 0 amide bonds. The SMILES string of the molecule is COC(=O)c1cc(I)ccc1OS(=O)(=O)c1ccc(F)cc1. The maximum absolute atomic E-state index is 12.9. The molecule has 22 heavy (non-hydrogen) atoms. The molecule has 0 heterocycles. The summed E-state index contributed by atoms with van der Waals surface area (Å²) < 4.78 is 47.5. The summed E-state index contributed by atoms with van der Waals surface area (Å²) in [5.74, 6) is -1.44. The number of rotatable bonds is 4. The first-order valence-corrected chi connectivity index (χ1v) is 8.40. The average Bonchev–Trinajstić information content (AvgIpc) is 2.48. The molecule has 0 radical (unpaired) electrons. The zero-order valence-corrected chi connectivity index (χ0v) is 14.2. The van der Waals surface area contributed by atoms with E-state index in [4.69, 9.17) is 4.18 Å². The van der Waals surface area contributed by atoms with E-state index in [1.807, 2.05) is 22.6 Å². The molecule has 5 nitrogen and oxygen atoms in total. The summed E-state index contributed by atoms with van der Waals surface area (Å²) in [6, 6.07) is 8.56. The van der Waals surface area contributed by atoms with Crippen LogP contribution in [0, 0.1) is 9.39 Å². The molecule has 0 saturated heterocycles. The molecule has 0 saturated carbocycles. The number of halogens is 2. The number of esters is 1. The monoisotopic (exact) mass is 436 g/mol. The lowest BCUT2D eigenvalue weighted by Crippen LogP contribution is -2.13. The predicted molar refractivity (Wildman–Crippen MR) is 84.7 cm³/mol. The molecule has 0 unspecified atom stereocenters. The van der Waals surface area contributed by atoms with Crippen molar-refractivity contribution in [1.82, 2.24) is 0 Å². The summed E-state index contributed by atoms with van der Waals surface area (Å²) in [5, 5.41) is 0. The Morgan fingerprint density at radius 1 is 1.14 bits per heavy atom. The predicted octanol–water partition coefficient (Wildman–Crippen LogP) is 2.98. The van der Waals surface area contributed by atoms with Crippen molar-refractivity contribution in [3.05, 3.63) is 57.4 Å². The van der Waals surface area contributed by atoms with Gasteiger partial charge < -0.3 is 8.92 Å². The first-order valence-electron chi connectivity index (χ1n) is 5.91. The number of carbonyl (C=O) groups is 1. The Morgan fingerprint density at radius 3 is 2.36 bits per heavy atom. The highest BCUT2D eigenvalue weighted by Crippen LogP contribution is 2.25. The second kappa shape index (κ2) is 6.61. The highest BCUT2D eigenvalue weighted by Gasteiger charge is 2.21. The smallest absolute Gasteiger partial charge is 0.341 e. The molecule has 0 aromatic heterocycles. The zero-order valence-electron chi connectivity index (χ0n) is 11.2. The number of hydrogen-bond acceptors (Lipinski definition) is 5. The molecule has 116 valence electrons. The lowest BCUT2D eigenvalue weighted by atomic mass is 10.2. The van der Waals surface area contributed by atoms with Gasteiger partial charge in [0.15, 0.2) is 5.75 Å². The molecular formula is C14H10FIO5S. The molecule has 8 heteroatoms. The molecule has 0 fully saturated rings. The van der Waals surface area contributed by atoms with Crippen LogP contribution in [-0.2, 0) is 14.9 Å². The van der Waals surface area contributed by atoms with Gasteiger partial charge in [-0.25, -0.2) is 9.18 Å². The number of carbonyl (C=O) groups excluding carboxylic acids is 1. The van der Waals surface area contributed by atoms with E-state index >= 15 is 0 Å². The molecule has 0 aliphatic heterocycles. The van der Waals surface area contributed by atoms with Crippen LogP contribution in [0.2, 0.25) is 0 Å². The molecule has 0 spiro atoms. The number of benzene rings is 2. The van der Waals surface area contributed by atoms with Gasteiger partial charge >= 0.3 is 16.1 Å². The van der Waals surface area contributed by atoms with Crippen LogP contribution in [0.4, 0.5) is 4.39 Å². The van der Waals surface area contributed by atoms with Gasteiger partial charge in [-0.05, 0) is 65.1 Å². The molecule has 2 aromatic rings. The molecule has 0 N–H and O–H groups in total. The maximum atomic E-state index is 12.9. The fourth-order valence-corrected chi connectivity index (χ4v) is 3.05. The van der Waals surface area contributed by atoms with Gasteiger partial charge in [0, 0.05) is 3.57 Å². The van der Waals surface area contributed by atoms with Crippen LogP contribution in [0.5, 0.6) is 5.75 Å². The van der Waals surface area contributed by atoms with Gasteiger partial charge in [-0.3, -0.25) is 0 Å². The first kappa shape index (κ1) is 16.7. The third kappa shape index (κ3) is 3.74. The highest BCUT2D eigenvalue weighted by molar-refractivity contribution is 14.1. The van der Waals surface area contributed by atoms with Crippen molar-refractivity contribution in [2.75, 3.05) is 7.11 Å². The quantitative estimate of drug-likeness (QED) is 0.419. The minimum atomic E-state index is -4.18. The molecule has 2 rings (SSSR count). The van der Waals surface area contributed by atoms with Gasteiger partial charge in [0.25, 0.3) is 0 Å². The Kier molecular flexibility index (Phi) is 5.01. The number of methoxy groups -OCH3 is 1. The Bertz CT molecular complexity index is 802. The van der Waals surface area contributed by atoms with Crippen molar-refractivity contribution < 1.29 is 26.5 Å². The largest absolute Gasteiger partial charge is 0.465 e. The van der Waals surface area contributed by atoms with Crippen molar-refractivity contribution >= 4 is 38.7 Å². The first-order chi connectivity index (χ1) is 10.3. The fraction of sp³-hybridized carbons (Fsp3) is 0.0714. The fourth-order valence-electron chi connectivity index (χ4n) is 1.61. The van der Waals surface area contributed by atoms with Crippen LogP contribution in [0.1, 0.15) is 10.4 Å². The molecule has 2 aromatic carbocycles. The zero-order chi connectivity index (χ0) is 16.3. The summed E-state index contributed by atoms with van der Waals surface area (Å²) in [4.78, 5) is 11.5. The minimum absolute atomic E-state index is 0.0138.